The SMILES string of the molecule is Cc1nn(C)c(C)c1C(C)NC(=O)c1cncs1. The van der Waals surface area contributed by atoms with Crippen molar-refractivity contribution in [1.29, 1.82) is 0 Å². The molecule has 0 saturated carbocycles. The van der Waals surface area contributed by atoms with Gasteiger partial charge in [-0.2, -0.15) is 5.10 Å². The lowest BCUT2D eigenvalue weighted by Crippen LogP contribution is -2.26. The van der Waals surface area contributed by atoms with Gasteiger partial charge in [-0.1, -0.05) is 0 Å². The van der Waals surface area contributed by atoms with Crippen molar-refractivity contribution in [2.24, 2.45) is 7.05 Å². The highest BCUT2D eigenvalue weighted by molar-refractivity contribution is 7.11. The fourth-order valence-corrected chi connectivity index (χ4v) is 2.61. The minimum Gasteiger partial charge on any atom is -0.345 e. The summed E-state index contributed by atoms with van der Waals surface area (Å²) in [6.07, 6.45) is 1.58. The number of aromatic nitrogens is 3. The lowest BCUT2D eigenvalue weighted by Gasteiger charge is -2.14. The lowest BCUT2D eigenvalue weighted by atomic mass is 10.1. The minimum atomic E-state index is -0.0901. The molecule has 1 atom stereocenters. The van der Waals surface area contributed by atoms with Gasteiger partial charge in [0.25, 0.3) is 5.91 Å². The number of nitrogens with zero attached hydrogens (tertiary/aromatic N) is 3. The molecule has 2 rings (SSSR count). The first-order chi connectivity index (χ1) is 8.50. The maximum atomic E-state index is 12.0. The van der Waals surface area contributed by atoms with Gasteiger partial charge in [-0.25, -0.2) is 0 Å². The molecule has 0 radical (unpaired) electrons. The Morgan fingerprint density at radius 2 is 2.22 bits per heavy atom. The summed E-state index contributed by atoms with van der Waals surface area (Å²) in [7, 11) is 1.91. The molecule has 96 valence electrons. The van der Waals surface area contributed by atoms with Crippen molar-refractivity contribution < 1.29 is 4.79 Å². The van der Waals surface area contributed by atoms with Crippen LogP contribution in [-0.4, -0.2) is 20.7 Å². The van der Waals surface area contributed by atoms with Crippen molar-refractivity contribution in [3.05, 3.63) is 33.5 Å². The average molecular weight is 264 g/mol. The summed E-state index contributed by atoms with van der Waals surface area (Å²) in [5.74, 6) is -0.0901. The third kappa shape index (κ3) is 2.28. The summed E-state index contributed by atoms with van der Waals surface area (Å²) in [5.41, 5.74) is 4.76. The fourth-order valence-electron chi connectivity index (χ4n) is 2.08. The molecule has 1 amide bonds. The first-order valence-electron chi connectivity index (χ1n) is 5.70. The van der Waals surface area contributed by atoms with Gasteiger partial charge in [0.1, 0.15) is 4.88 Å². The summed E-state index contributed by atoms with van der Waals surface area (Å²) in [4.78, 5) is 16.5. The Labute approximate surface area is 110 Å². The molecule has 1 unspecified atom stereocenters. The van der Waals surface area contributed by atoms with Gasteiger partial charge in [0.15, 0.2) is 0 Å². The molecule has 5 nitrogen and oxygen atoms in total. The Bertz CT molecular complexity index is 559. The molecule has 0 aliphatic rings. The molecule has 18 heavy (non-hydrogen) atoms. The highest BCUT2D eigenvalue weighted by Crippen LogP contribution is 2.21. The first-order valence-corrected chi connectivity index (χ1v) is 6.58. The summed E-state index contributed by atoms with van der Waals surface area (Å²) < 4.78 is 1.83. The van der Waals surface area contributed by atoms with E-state index >= 15 is 0 Å². The molecule has 0 aliphatic heterocycles. The molecule has 0 bridgehead atoms. The number of aryl methyl sites for hydroxylation is 2. The van der Waals surface area contributed by atoms with Crippen LogP contribution in [0.15, 0.2) is 11.7 Å². The highest BCUT2D eigenvalue weighted by Gasteiger charge is 2.19. The topological polar surface area (TPSA) is 59.8 Å². The van der Waals surface area contributed by atoms with E-state index in [1.54, 1.807) is 11.7 Å². The van der Waals surface area contributed by atoms with E-state index in [0.717, 1.165) is 17.0 Å². The van der Waals surface area contributed by atoms with Crippen molar-refractivity contribution in [2.75, 3.05) is 0 Å². The van der Waals surface area contributed by atoms with Crippen LogP contribution >= 0.6 is 11.3 Å². The van der Waals surface area contributed by atoms with Crippen LogP contribution < -0.4 is 5.32 Å². The van der Waals surface area contributed by atoms with E-state index in [-0.39, 0.29) is 11.9 Å². The van der Waals surface area contributed by atoms with Gasteiger partial charge in [0.05, 0.1) is 23.4 Å². The van der Waals surface area contributed by atoms with Crippen LogP contribution in [0.25, 0.3) is 0 Å². The Morgan fingerprint density at radius 3 is 2.72 bits per heavy atom. The zero-order chi connectivity index (χ0) is 13.3. The standard InChI is InChI=1S/C12H16N4OS/c1-7(11-8(2)15-16(4)9(11)3)14-12(17)10-5-13-6-18-10/h5-7H,1-4H3,(H,14,17). The molecular formula is C12H16N4OS. The number of thiazole rings is 1. The van der Waals surface area contributed by atoms with Gasteiger partial charge in [0, 0.05) is 18.3 Å². The summed E-state index contributed by atoms with van der Waals surface area (Å²) in [5, 5.41) is 7.33. The second kappa shape index (κ2) is 4.89. The van der Waals surface area contributed by atoms with Crippen LogP contribution in [-0.2, 0) is 7.05 Å². The van der Waals surface area contributed by atoms with Crippen LogP contribution in [0.4, 0.5) is 0 Å². The van der Waals surface area contributed by atoms with Crippen LogP contribution in [0, 0.1) is 13.8 Å². The maximum Gasteiger partial charge on any atom is 0.263 e. The Kier molecular flexibility index (Phi) is 3.47. The predicted molar refractivity (Wildman–Crippen MR) is 70.7 cm³/mol. The Morgan fingerprint density at radius 1 is 1.50 bits per heavy atom. The van der Waals surface area contributed by atoms with E-state index < -0.39 is 0 Å². The van der Waals surface area contributed by atoms with E-state index in [4.69, 9.17) is 0 Å². The molecule has 2 aromatic heterocycles. The molecule has 0 fully saturated rings. The zero-order valence-corrected chi connectivity index (χ0v) is 11.7. The normalized spacial score (nSPS) is 12.4. The first kappa shape index (κ1) is 12.8. The largest absolute Gasteiger partial charge is 0.345 e. The molecule has 0 aliphatic carbocycles. The molecule has 0 spiro atoms. The van der Waals surface area contributed by atoms with Gasteiger partial charge >= 0.3 is 0 Å². The van der Waals surface area contributed by atoms with Gasteiger partial charge in [-0.15, -0.1) is 11.3 Å². The average Bonchev–Trinajstić information content (AvgIpc) is 2.88. The number of nitrogens with one attached hydrogen (secondary N) is 1. The Hall–Kier alpha value is -1.69. The fraction of sp³-hybridized carbons (Fsp3) is 0.417. The molecule has 1 N–H and O–H groups in total. The smallest absolute Gasteiger partial charge is 0.263 e. The van der Waals surface area contributed by atoms with E-state index in [0.29, 0.717) is 4.88 Å². The number of amides is 1. The van der Waals surface area contributed by atoms with Gasteiger partial charge in [-0.3, -0.25) is 14.5 Å². The van der Waals surface area contributed by atoms with Crippen molar-refractivity contribution in [3.63, 3.8) is 0 Å². The zero-order valence-electron chi connectivity index (χ0n) is 10.9. The summed E-state index contributed by atoms with van der Waals surface area (Å²) in [6.45, 7) is 5.93. The number of rotatable bonds is 3. The number of carbonyl (C=O) groups is 1. The van der Waals surface area contributed by atoms with Crippen molar-refractivity contribution >= 4 is 17.2 Å². The van der Waals surface area contributed by atoms with Crippen molar-refractivity contribution in [1.82, 2.24) is 20.1 Å². The van der Waals surface area contributed by atoms with E-state index in [2.05, 4.69) is 15.4 Å². The quantitative estimate of drug-likeness (QED) is 0.922. The van der Waals surface area contributed by atoms with Crippen LogP contribution in [0.3, 0.4) is 0 Å². The maximum absolute atomic E-state index is 12.0. The van der Waals surface area contributed by atoms with Crippen LogP contribution in [0.2, 0.25) is 0 Å². The third-order valence-corrected chi connectivity index (χ3v) is 3.77. The van der Waals surface area contributed by atoms with E-state index in [1.165, 1.54) is 11.3 Å². The molecule has 0 saturated heterocycles. The molecular weight excluding hydrogens is 248 g/mol. The molecule has 2 aromatic rings. The van der Waals surface area contributed by atoms with Crippen LogP contribution in [0.5, 0.6) is 0 Å². The van der Waals surface area contributed by atoms with Crippen LogP contribution in [0.1, 0.15) is 39.6 Å². The number of hydrogen-bond acceptors (Lipinski definition) is 4. The molecule has 6 heteroatoms. The number of hydrogen-bond donors (Lipinski definition) is 1. The Balaban J connectivity index is 2.17. The van der Waals surface area contributed by atoms with E-state index in [1.807, 2.05) is 32.5 Å². The molecule has 0 aromatic carbocycles. The monoisotopic (exact) mass is 264 g/mol. The van der Waals surface area contributed by atoms with Gasteiger partial charge in [0.2, 0.25) is 0 Å². The molecule has 2 heterocycles. The lowest BCUT2D eigenvalue weighted by molar-refractivity contribution is 0.0943. The third-order valence-electron chi connectivity index (χ3n) is 3.00. The van der Waals surface area contributed by atoms with E-state index in [9.17, 15) is 4.79 Å². The van der Waals surface area contributed by atoms with Crippen molar-refractivity contribution in [3.8, 4) is 0 Å². The minimum absolute atomic E-state index is 0.0618. The second-order valence-electron chi connectivity index (χ2n) is 4.27. The second-order valence-corrected chi connectivity index (χ2v) is 5.16. The van der Waals surface area contributed by atoms with Crippen molar-refractivity contribution in [2.45, 2.75) is 26.8 Å². The van der Waals surface area contributed by atoms with Gasteiger partial charge < -0.3 is 5.32 Å². The highest BCUT2D eigenvalue weighted by atomic mass is 32.1. The summed E-state index contributed by atoms with van der Waals surface area (Å²) >= 11 is 1.34. The number of carbonyl (C=O) groups excluding carboxylic acids is 1. The summed E-state index contributed by atoms with van der Waals surface area (Å²) in [6, 6.07) is -0.0618. The van der Waals surface area contributed by atoms with Gasteiger partial charge in [-0.05, 0) is 20.8 Å². The predicted octanol–water partition coefficient (Wildman–Crippen LogP) is 1.98.